The van der Waals surface area contributed by atoms with Gasteiger partial charge in [0.25, 0.3) is 5.91 Å². The smallest absolute Gasteiger partial charge is 0.270 e. The summed E-state index contributed by atoms with van der Waals surface area (Å²) in [5, 5.41) is 13.8. The lowest BCUT2D eigenvalue weighted by Gasteiger charge is -1.99. The van der Waals surface area contributed by atoms with E-state index in [-0.39, 0.29) is 19.1 Å². The molecule has 0 spiro atoms. The molecule has 14 heavy (non-hydrogen) atoms. The van der Waals surface area contributed by atoms with Gasteiger partial charge in [-0.1, -0.05) is 13.8 Å². The lowest BCUT2D eigenvalue weighted by atomic mass is 10.2. The molecule has 5 heteroatoms. The van der Waals surface area contributed by atoms with E-state index in [0.717, 1.165) is 5.01 Å². The number of aliphatic hydroxyl groups is 1. The summed E-state index contributed by atoms with van der Waals surface area (Å²) in [7, 11) is 0. The van der Waals surface area contributed by atoms with Crippen LogP contribution in [0, 0.1) is 0 Å². The third-order valence-corrected chi connectivity index (χ3v) is 2.79. The second kappa shape index (κ2) is 5.07. The summed E-state index contributed by atoms with van der Waals surface area (Å²) in [5.74, 6) is 0.126. The van der Waals surface area contributed by atoms with Gasteiger partial charge in [-0.15, -0.1) is 11.3 Å². The van der Waals surface area contributed by atoms with Crippen molar-refractivity contribution in [3.05, 3.63) is 16.1 Å². The molecular formula is C9H14N2O2S. The molecule has 0 atom stereocenters. The monoisotopic (exact) mass is 214 g/mol. The molecule has 1 aromatic heterocycles. The third kappa shape index (κ3) is 2.78. The minimum Gasteiger partial charge on any atom is -0.395 e. The molecule has 0 radical (unpaired) electrons. The van der Waals surface area contributed by atoms with E-state index in [1.54, 1.807) is 5.38 Å². The molecule has 0 aliphatic heterocycles. The van der Waals surface area contributed by atoms with Gasteiger partial charge in [0, 0.05) is 17.8 Å². The lowest BCUT2D eigenvalue weighted by molar-refractivity contribution is 0.0940. The highest BCUT2D eigenvalue weighted by Gasteiger charge is 2.11. The Morgan fingerprint density at radius 1 is 1.71 bits per heavy atom. The van der Waals surface area contributed by atoms with Crippen LogP contribution in [-0.4, -0.2) is 29.1 Å². The van der Waals surface area contributed by atoms with Gasteiger partial charge in [-0.25, -0.2) is 4.98 Å². The maximum absolute atomic E-state index is 11.4. The van der Waals surface area contributed by atoms with Crippen molar-refractivity contribution in [2.45, 2.75) is 19.8 Å². The first-order chi connectivity index (χ1) is 6.65. The molecule has 0 saturated heterocycles. The van der Waals surface area contributed by atoms with E-state index < -0.39 is 0 Å². The van der Waals surface area contributed by atoms with E-state index in [1.807, 2.05) is 13.8 Å². The molecule has 0 fully saturated rings. The molecule has 4 nitrogen and oxygen atoms in total. The highest BCUT2D eigenvalue weighted by molar-refractivity contribution is 7.09. The standard InChI is InChI=1S/C9H14N2O2S/c1-6(2)9-11-7(5-14-9)8(13)10-3-4-12/h5-6,12H,3-4H2,1-2H3,(H,10,13). The number of amides is 1. The highest BCUT2D eigenvalue weighted by atomic mass is 32.1. The molecule has 0 bridgehead atoms. The van der Waals surface area contributed by atoms with Gasteiger partial charge in [0.05, 0.1) is 11.6 Å². The van der Waals surface area contributed by atoms with E-state index >= 15 is 0 Å². The Morgan fingerprint density at radius 2 is 2.43 bits per heavy atom. The predicted molar refractivity (Wildman–Crippen MR) is 55.6 cm³/mol. The predicted octanol–water partition coefficient (Wildman–Crippen LogP) is 0.989. The average Bonchev–Trinajstić information content (AvgIpc) is 2.62. The number of thiazole rings is 1. The SMILES string of the molecule is CC(C)c1nc(C(=O)NCCO)cs1. The van der Waals surface area contributed by atoms with Crippen LogP contribution in [0.4, 0.5) is 0 Å². The molecule has 0 unspecified atom stereocenters. The minimum atomic E-state index is -0.220. The fraction of sp³-hybridized carbons (Fsp3) is 0.556. The Balaban J connectivity index is 2.62. The van der Waals surface area contributed by atoms with Crippen LogP contribution < -0.4 is 5.32 Å². The summed E-state index contributed by atoms with van der Waals surface area (Å²) in [6.45, 7) is 4.29. The average molecular weight is 214 g/mol. The number of nitrogens with one attached hydrogen (secondary N) is 1. The normalized spacial score (nSPS) is 10.6. The first-order valence-corrected chi connectivity index (χ1v) is 5.37. The number of aromatic nitrogens is 1. The molecule has 78 valence electrons. The van der Waals surface area contributed by atoms with Crippen molar-refractivity contribution in [2.75, 3.05) is 13.2 Å². The Kier molecular flexibility index (Phi) is 4.03. The molecule has 0 aromatic carbocycles. The topological polar surface area (TPSA) is 62.2 Å². The number of hydrogen-bond donors (Lipinski definition) is 2. The summed E-state index contributed by atoms with van der Waals surface area (Å²) in [6, 6.07) is 0. The third-order valence-electron chi connectivity index (χ3n) is 1.65. The van der Waals surface area contributed by atoms with Crippen molar-refractivity contribution in [1.82, 2.24) is 10.3 Å². The van der Waals surface area contributed by atoms with Crippen LogP contribution in [0.5, 0.6) is 0 Å². The zero-order valence-electron chi connectivity index (χ0n) is 8.28. The highest BCUT2D eigenvalue weighted by Crippen LogP contribution is 2.18. The van der Waals surface area contributed by atoms with Gasteiger partial charge in [0.15, 0.2) is 0 Å². The second-order valence-corrected chi connectivity index (χ2v) is 4.09. The van der Waals surface area contributed by atoms with Gasteiger partial charge >= 0.3 is 0 Å². The van der Waals surface area contributed by atoms with Gasteiger partial charge in [-0.2, -0.15) is 0 Å². The molecule has 1 heterocycles. The van der Waals surface area contributed by atoms with Crippen LogP contribution in [0.1, 0.15) is 35.3 Å². The van der Waals surface area contributed by atoms with Crippen molar-refractivity contribution in [1.29, 1.82) is 0 Å². The maximum Gasteiger partial charge on any atom is 0.270 e. The van der Waals surface area contributed by atoms with Crippen molar-refractivity contribution in [2.24, 2.45) is 0 Å². The second-order valence-electron chi connectivity index (χ2n) is 3.21. The zero-order valence-corrected chi connectivity index (χ0v) is 9.10. The van der Waals surface area contributed by atoms with Crippen LogP contribution in [0.2, 0.25) is 0 Å². The Morgan fingerprint density at radius 3 is 2.93 bits per heavy atom. The van der Waals surface area contributed by atoms with Crippen LogP contribution in [-0.2, 0) is 0 Å². The molecule has 1 amide bonds. The number of aliphatic hydroxyl groups excluding tert-OH is 1. The van der Waals surface area contributed by atoms with Gasteiger partial charge in [-0.3, -0.25) is 4.79 Å². The summed E-state index contributed by atoms with van der Waals surface area (Å²) >= 11 is 1.48. The number of rotatable bonds is 4. The van der Waals surface area contributed by atoms with E-state index in [4.69, 9.17) is 5.11 Å². The van der Waals surface area contributed by atoms with E-state index in [9.17, 15) is 4.79 Å². The van der Waals surface area contributed by atoms with Crippen LogP contribution in [0.3, 0.4) is 0 Å². The summed E-state index contributed by atoms with van der Waals surface area (Å²) in [5.41, 5.74) is 0.437. The van der Waals surface area contributed by atoms with E-state index in [2.05, 4.69) is 10.3 Å². The fourth-order valence-corrected chi connectivity index (χ4v) is 1.73. The van der Waals surface area contributed by atoms with Gasteiger partial charge in [0.2, 0.25) is 0 Å². The first kappa shape index (κ1) is 11.1. The molecule has 0 saturated carbocycles. The molecule has 2 N–H and O–H groups in total. The fourth-order valence-electron chi connectivity index (χ4n) is 0.917. The van der Waals surface area contributed by atoms with Gasteiger partial charge in [0.1, 0.15) is 5.69 Å². The minimum absolute atomic E-state index is 0.0487. The Hall–Kier alpha value is -0.940. The molecular weight excluding hydrogens is 200 g/mol. The molecule has 0 aliphatic carbocycles. The maximum atomic E-state index is 11.4. The lowest BCUT2D eigenvalue weighted by Crippen LogP contribution is -2.26. The van der Waals surface area contributed by atoms with Gasteiger partial charge < -0.3 is 10.4 Å². The van der Waals surface area contributed by atoms with Crippen molar-refractivity contribution >= 4 is 17.2 Å². The first-order valence-electron chi connectivity index (χ1n) is 4.49. The van der Waals surface area contributed by atoms with Crippen LogP contribution in [0.25, 0.3) is 0 Å². The number of carbonyl (C=O) groups excluding carboxylic acids is 1. The van der Waals surface area contributed by atoms with E-state index in [0.29, 0.717) is 11.6 Å². The number of carbonyl (C=O) groups is 1. The Bertz CT molecular complexity index is 310. The zero-order chi connectivity index (χ0) is 10.6. The quantitative estimate of drug-likeness (QED) is 0.785. The Labute approximate surface area is 87.0 Å². The molecule has 1 aromatic rings. The summed E-state index contributed by atoms with van der Waals surface area (Å²) in [4.78, 5) is 15.5. The summed E-state index contributed by atoms with van der Waals surface area (Å²) < 4.78 is 0. The number of nitrogens with zero attached hydrogens (tertiary/aromatic N) is 1. The van der Waals surface area contributed by atoms with Gasteiger partial charge in [-0.05, 0) is 0 Å². The summed E-state index contributed by atoms with van der Waals surface area (Å²) in [6.07, 6.45) is 0. The molecule has 1 rings (SSSR count). The van der Waals surface area contributed by atoms with E-state index in [1.165, 1.54) is 11.3 Å². The largest absolute Gasteiger partial charge is 0.395 e. The van der Waals surface area contributed by atoms with Crippen LogP contribution >= 0.6 is 11.3 Å². The molecule has 0 aliphatic rings. The van der Waals surface area contributed by atoms with Crippen molar-refractivity contribution < 1.29 is 9.90 Å². The van der Waals surface area contributed by atoms with Crippen molar-refractivity contribution in [3.63, 3.8) is 0 Å². The van der Waals surface area contributed by atoms with Crippen LogP contribution in [0.15, 0.2) is 5.38 Å². The van der Waals surface area contributed by atoms with Crippen molar-refractivity contribution in [3.8, 4) is 0 Å². The number of hydrogen-bond acceptors (Lipinski definition) is 4.